The van der Waals surface area contributed by atoms with E-state index in [-0.39, 0.29) is 0 Å². The molecular formula is C16H24N2OS. The predicted molar refractivity (Wildman–Crippen MR) is 88.5 cm³/mol. The van der Waals surface area contributed by atoms with Crippen LogP contribution in [0.2, 0.25) is 0 Å². The van der Waals surface area contributed by atoms with Gasteiger partial charge in [-0.15, -0.1) is 0 Å². The van der Waals surface area contributed by atoms with Gasteiger partial charge < -0.3 is 15.4 Å². The van der Waals surface area contributed by atoms with Crippen LogP contribution in [0.1, 0.15) is 43.7 Å². The third-order valence-electron chi connectivity index (χ3n) is 3.68. The molecule has 1 unspecified atom stereocenters. The average Bonchev–Trinajstić information content (AvgIpc) is 2.91. The van der Waals surface area contributed by atoms with Gasteiger partial charge in [0.1, 0.15) is 0 Å². The zero-order valence-electron chi connectivity index (χ0n) is 12.5. The van der Waals surface area contributed by atoms with E-state index in [4.69, 9.17) is 17.0 Å². The van der Waals surface area contributed by atoms with Gasteiger partial charge in [-0.3, -0.25) is 0 Å². The predicted octanol–water partition coefficient (Wildman–Crippen LogP) is 3.58. The molecule has 0 spiro atoms. The zero-order valence-corrected chi connectivity index (χ0v) is 13.3. The fourth-order valence-corrected chi connectivity index (χ4v) is 2.70. The maximum atomic E-state index is 5.59. The maximum Gasteiger partial charge on any atom is 0.170 e. The Morgan fingerprint density at radius 3 is 2.90 bits per heavy atom. The first-order valence-electron chi connectivity index (χ1n) is 7.34. The van der Waals surface area contributed by atoms with Crippen LogP contribution >= 0.6 is 12.2 Å². The van der Waals surface area contributed by atoms with Crippen molar-refractivity contribution in [3.8, 4) is 0 Å². The minimum atomic E-state index is 0.302. The molecule has 3 nitrogen and oxygen atoms in total. The fraction of sp³-hybridized carbons (Fsp3) is 0.562. The number of aryl methyl sites for hydroxylation is 1. The fourth-order valence-electron chi connectivity index (χ4n) is 2.51. The van der Waals surface area contributed by atoms with E-state index >= 15 is 0 Å². The van der Waals surface area contributed by atoms with Crippen molar-refractivity contribution < 1.29 is 4.74 Å². The molecule has 0 aromatic heterocycles. The normalized spacial score (nSPS) is 18.3. The molecule has 0 radical (unpaired) electrons. The number of thiocarbonyl (C=S) groups is 1. The Labute approximate surface area is 127 Å². The molecular weight excluding hydrogens is 268 g/mol. The molecule has 0 saturated carbocycles. The van der Waals surface area contributed by atoms with Crippen molar-refractivity contribution in [2.24, 2.45) is 0 Å². The van der Waals surface area contributed by atoms with Crippen molar-refractivity contribution in [1.82, 2.24) is 5.32 Å². The average molecular weight is 292 g/mol. The molecule has 110 valence electrons. The summed E-state index contributed by atoms with van der Waals surface area (Å²) in [6, 6.07) is 6.36. The van der Waals surface area contributed by atoms with E-state index < -0.39 is 0 Å². The molecule has 0 aliphatic carbocycles. The van der Waals surface area contributed by atoms with Gasteiger partial charge in [-0.05, 0) is 49.0 Å². The van der Waals surface area contributed by atoms with E-state index in [0.29, 0.717) is 17.1 Å². The van der Waals surface area contributed by atoms with E-state index in [1.165, 1.54) is 11.1 Å². The SMILES string of the molecule is Cc1cccc(C(C)C)c1NC(=S)NCC1CCCO1. The van der Waals surface area contributed by atoms with Gasteiger partial charge >= 0.3 is 0 Å². The Bertz CT molecular complexity index is 468. The van der Waals surface area contributed by atoms with E-state index in [0.717, 1.165) is 31.7 Å². The van der Waals surface area contributed by atoms with E-state index in [2.05, 4.69) is 49.6 Å². The highest BCUT2D eigenvalue weighted by Crippen LogP contribution is 2.27. The molecule has 2 N–H and O–H groups in total. The van der Waals surface area contributed by atoms with Crippen molar-refractivity contribution in [2.45, 2.75) is 45.6 Å². The van der Waals surface area contributed by atoms with E-state index in [1.807, 2.05) is 0 Å². The second-order valence-corrected chi connectivity index (χ2v) is 6.07. The van der Waals surface area contributed by atoms with Gasteiger partial charge in [0, 0.05) is 18.8 Å². The number of rotatable bonds is 4. The zero-order chi connectivity index (χ0) is 14.5. The summed E-state index contributed by atoms with van der Waals surface area (Å²) >= 11 is 5.40. The summed E-state index contributed by atoms with van der Waals surface area (Å²) in [5.41, 5.74) is 3.65. The number of anilines is 1. The molecule has 1 aliphatic heterocycles. The lowest BCUT2D eigenvalue weighted by molar-refractivity contribution is 0.114. The number of hydrogen-bond donors (Lipinski definition) is 2. The Balaban J connectivity index is 1.96. The Kier molecular flexibility index (Phi) is 5.38. The molecule has 1 fully saturated rings. The van der Waals surface area contributed by atoms with Crippen LogP contribution in [0.15, 0.2) is 18.2 Å². The minimum Gasteiger partial charge on any atom is -0.376 e. The Morgan fingerprint density at radius 1 is 1.45 bits per heavy atom. The summed E-state index contributed by atoms with van der Waals surface area (Å²) in [7, 11) is 0. The van der Waals surface area contributed by atoms with Crippen LogP contribution in [0, 0.1) is 6.92 Å². The lowest BCUT2D eigenvalue weighted by Gasteiger charge is -2.19. The number of hydrogen-bond acceptors (Lipinski definition) is 2. The van der Waals surface area contributed by atoms with Gasteiger partial charge in [-0.2, -0.15) is 0 Å². The van der Waals surface area contributed by atoms with E-state index in [1.54, 1.807) is 0 Å². The van der Waals surface area contributed by atoms with Gasteiger partial charge in [-0.1, -0.05) is 32.0 Å². The smallest absolute Gasteiger partial charge is 0.170 e. The second kappa shape index (κ2) is 7.04. The first-order valence-corrected chi connectivity index (χ1v) is 7.74. The second-order valence-electron chi connectivity index (χ2n) is 5.66. The molecule has 1 aromatic rings. The third-order valence-corrected chi connectivity index (χ3v) is 3.93. The number of benzene rings is 1. The molecule has 1 atom stereocenters. The van der Waals surface area contributed by atoms with Crippen molar-refractivity contribution >= 4 is 23.0 Å². The summed E-state index contributed by atoms with van der Waals surface area (Å²) in [6.07, 6.45) is 2.58. The van der Waals surface area contributed by atoms with Crippen molar-refractivity contribution in [2.75, 3.05) is 18.5 Å². The largest absolute Gasteiger partial charge is 0.376 e. The lowest BCUT2D eigenvalue weighted by Crippen LogP contribution is -2.35. The van der Waals surface area contributed by atoms with Crippen LogP contribution in [-0.4, -0.2) is 24.4 Å². The maximum absolute atomic E-state index is 5.59. The van der Waals surface area contributed by atoms with Gasteiger partial charge in [0.2, 0.25) is 0 Å². The van der Waals surface area contributed by atoms with Gasteiger partial charge in [-0.25, -0.2) is 0 Å². The molecule has 1 heterocycles. The Hall–Kier alpha value is -1.13. The summed E-state index contributed by atoms with van der Waals surface area (Å²) in [5, 5.41) is 7.29. The van der Waals surface area contributed by atoms with Gasteiger partial charge in [0.05, 0.1) is 6.10 Å². The lowest BCUT2D eigenvalue weighted by atomic mass is 9.98. The molecule has 1 aliphatic rings. The highest BCUT2D eigenvalue weighted by Gasteiger charge is 2.16. The first kappa shape index (κ1) is 15.3. The topological polar surface area (TPSA) is 33.3 Å². The van der Waals surface area contributed by atoms with Crippen molar-refractivity contribution in [3.63, 3.8) is 0 Å². The van der Waals surface area contributed by atoms with Crippen LogP contribution in [0.4, 0.5) is 5.69 Å². The number of para-hydroxylation sites is 1. The Morgan fingerprint density at radius 2 is 2.25 bits per heavy atom. The molecule has 2 rings (SSSR count). The minimum absolute atomic E-state index is 0.302. The highest BCUT2D eigenvalue weighted by atomic mass is 32.1. The molecule has 1 aromatic carbocycles. The summed E-state index contributed by atoms with van der Waals surface area (Å²) in [6.45, 7) is 8.17. The molecule has 4 heteroatoms. The highest BCUT2D eigenvalue weighted by molar-refractivity contribution is 7.80. The summed E-state index contributed by atoms with van der Waals surface area (Å²) < 4.78 is 5.59. The van der Waals surface area contributed by atoms with Crippen LogP contribution in [0.5, 0.6) is 0 Å². The van der Waals surface area contributed by atoms with Crippen molar-refractivity contribution in [3.05, 3.63) is 29.3 Å². The first-order chi connectivity index (χ1) is 9.58. The molecule has 0 amide bonds. The van der Waals surface area contributed by atoms with Crippen molar-refractivity contribution in [1.29, 1.82) is 0 Å². The quantitative estimate of drug-likeness (QED) is 0.831. The van der Waals surface area contributed by atoms with Gasteiger partial charge in [0.15, 0.2) is 5.11 Å². The van der Waals surface area contributed by atoms with Crippen LogP contribution in [0.3, 0.4) is 0 Å². The standard InChI is InChI=1S/C16H24N2OS/c1-11(2)14-8-4-6-12(3)15(14)18-16(20)17-10-13-7-5-9-19-13/h4,6,8,11,13H,5,7,9-10H2,1-3H3,(H2,17,18,20). The molecule has 20 heavy (non-hydrogen) atoms. The molecule has 1 saturated heterocycles. The summed E-state index contributed by atoms with van der Waals surface area (Å²) in [5.74, 6) is 0.471. The third kappa shape index (κ3) is 3.93. The van der Waals surface area contributed by atoms with Gasteiger partial charge in [0.25, 0.3) is 0 Å². The summed E-state index contributed by atoms with van der Waals surface area (Å²) in [4.78, 5) is 0. The van der Waals surface area contributed by atoms with Crippen LogP contribution < -0.4 is 10.6 Å². The monoisotopic (exact) mass is 292 g/mol. The molecule has 0 bridgehead atoms. The van der Waals surface area contributed by atoms with Crippen LogP contribution in [-0.2, 0) is 4.74 Å². The van der Waals surface area contributed by atoms with Crippen LogP contribution in [0.25, 0.3) is 0 Å². The number of ether oxygens (including phenoxy) is 1. The number of nitrogens with one attached hydrogen (secondary N) is 2. The van der Waals surface area contributed by atoms with E-state index in [9.17, 15) is 0 Å².